The molecule has 0 saturated carbocycles. The summed E-state index contributed by atoms with van der Waals surface area (Å²) in [5, 5.41) is 3.73. The standard InChI is InChI=1S/C15H17F3N2.C2H6/c1-10(2)8-11-4-6-12(7-5-11)13-9-19-20(3)14(13)15(16,17)18;1-2/h4-7,9-10H,8H2,1-3H3;1-2H3. The van der Waals surface area contributed by atoms with Crippen molar-refractivity contribution in [2.45, 2.75) is 40.3 Å². The summed E-state index contributed by atoms with van der Waals surface area (Å²) in [4.78, 5) is 0. The number of hydrogen-bond acceptors (Lipinski definition) is 1. The molecule has 0 fully saturated rings. The molecule has 0 N–H and O–H groups in total. The first kappa shape index (κ1) is 18.3. The lowest BCUT2D eigenvalue weighted by atomic mass is 9.99. The Morgan fingerprint density at radius 2 is 1.64 bits per heavy atom. The third kappa shape index (κ3) is 4.36. The summed E-state index contributed by atoms with van der Waals surface area (Å²) >= 11 is 0. The molecule has 0 unspecified atom stereocenters. The van der Waals surface area contributed by atoms with E-state index < -0.39 is 11.9 Å². The van der Waals surface area contributed by atoms with E-state index in [1.54, 1.807) is 12.1 Å². The summed E-state index contributed by atoms with van der Waals surface area (Å²) in [6.07, 6.45) is -2.23. The molecule has 2 nitrogen and oxygen atoms in total. The number of halogens is 3. The van der Waals surface area contributed by atoms with Gasteiger partial charge < -0.3 is 0 Å². The van der Waals surface area contributed by atoms with Crippen LogP contribution in [0.5, 0.6) is 0 Å². The summed E-state index contributed by atoms with van der Waals surface area (Å²) < 4.78 is 39.9. The van der Waals surface area contributed by atoms with E-state index in [4.69, 9.17) is 0 Å². The molecule has 122 valence electrons. The molecule has 0 aliphatic heterocycles. The van der Waals surface area contributed by atoms with Gasteiger partial charge >= 0.3 is 6.18 Å². The maximum Gasteiger partial charge on any atom is 0.433 e. The first-order valence-electron chi connectivity index (χ1n) is 7.47. The summed E-state index contributed by atoms with van der Waals surface area (Å²) in [6, 6.07) is 7.21. The van der Waals surface area contributed by atoms with Crippen LogP contribution in [0.25, 0.3) is 11.1 Å². The highest BCUT2D eigenvalue weighted by molar-refractivity contribution is 5.66. The van der Waals surface area contributed by atoms with E-state index in [0.29, 0.717) is 11.5 Å². The number of nitrogens with zero attached hydrogens (tertiary/aromatic N) is 2. The Balaban J connectivity index is 0.00000116. The van der Waals surface area contributed by atoms with Gasteiger partial charge in [-0.25, -0.2) is 0 Å². The van der Waals surface area contributed by atoms with Crippen LogP contribution in [0.2, 0.25) is 0 Å². The topological polar surface area (TPSA) is 17.8 Å². The summed E-state index contributed by atoms with van der Waals surface area (Å²) in [7, 11) is 1.31. The monoisotopic (exact) mass is 312 g/mol. The van der Waals surface area contributed by atoms with Gasteiger partial charge in [0, 0.05) is 12.6 Å². The Morgan fingerprint density at radius 1 is 1.09 bits per heavy atom. The van der Waals surface area contributed by atoms with E-state index >= 15 is 0 Å². The van der Waals surface area contributed by atoms with Gasteiger partial charge in [-0.3, -0.25) is 4.68 Å². The molecule has 0 aliphatic rings. The van der Waals surface area contributed by atoms with E-state index in [1.807, 2.05) is 26.0 Å². The minimum Gasteiger partial charge on any atom is -0.263 e. The van der Waals surface area contributed by atoms with Crippen molar-refractivity contribution < 1.29 is 13.2 Å². The fraction of sp³-hybridized carbons (Fsp3) is 0.471. The van der Waals surface area contributed by atoms with Crippen LogP contribution in [0, 0.1) is 5.92 Å². The molecule has 22 heavy (non-hydrogen) atoms. The van der Waals surface area contributed by atoms with Gasteiger partial charge in [-0.05, 0) is 23.5 Å². The Hall–Kier alpha value is -1.78. The molecule has 0 radical (unpaired) electrons. The minimum absolute atomic E-state index is 0.121. The Labute approximate surface area is 130 Å². The zero-order valence-electron chi connectivity index (χ0n) is 13.7. The predicted molar refractivity (Wildman–Crippen MR) is 83.5 cm³/mol. The highest BCUT2D eigenvalue weighted by Gasteiger charge is 2.37. The molecule has 0 spiro atoms. The molecule has 1 aromatic carbocycles. The quantitative estimate of drug-likeness (QED) is 0.749. The van der Waals surface area contributed by atoms with Crippen LogP contribution in [0.3, 0.4) is 0 Å². The normalized spacial score (nSPS) is 11.3. The van der Waals surface area contributed by atoms with Crippen molar-refractivity contribution in [1.29, 1.82) is 0 Å². The molecule has 0 saturated heterocycles. The highest BCUT2D eigenvalue weighted by atomic mass is 19.4. The van der Waals surface area contributed by atoms with Gasteiger partial charge in [0.05, 0.1) is 6.20 Å². The second-order valence-corrected chi connectivity index (χ2v) is 5.32. The second kappa shape index (κ2) is 7.47. The molecule has 0 amide bonds. The van der Waals surface area contributed by atoms with E-state index in [1.165, 1.54) is 13.2 Å². The Bertz CT molecular complexity index is 581. The molecule has 0 atom stereocenters. The van der Waals surface area contributed by atoms with Crippen LogP contribution in [-0.2, 0) is 19.6 Å². The fourth-order valence-corrected chi connectivity index (χ4v) is 2.28. The first-order valence-corrected chi connectivity index (χ1v) is 7.47. The number of hydrogen-bond donors (Lipinski definition) is 0. The Morgan fingerprint density at radius 3 is 2.09 bits per heavy atom. The number of alkyl halides is 3. The summed E-state index contributed by atoms with van der Waals surface area (Å²) in [5.74, 6) is 0.518. The highest BCUT2D eigenvalue weighted by Crippen LogP contribution is 2.36. The third-order valence-corrected chi connectivity index (χ3v) is 3.12. The number of benzene rings is 1. The zero-order chi connectivity index (χ0) is 16.9. The average molecular weight is 312 g/mol. The van der Waals surface area contributed by atoms with Crippen molar-refractivity contribution in [2.75, 3.05) is 0 Å². The van der Waals surface area contributed by atoms with E-state index in [0.717, 1.165) is 16.7 Å². The van der Waals surface area contributed by atoms with E-state index in [2.05, 4.69) is 18.9 Å². The van der Waals surface area contributed by atoms with Gasteiger partial charge in [0.2, 0.25) is 0 Å². The SMILES string of the molecule is CC.CC(C)Cc1ccc(-c2cnn(C)c2C(F)(F)F)cc1. The molecule has 2 rings (SSSR count). The molecular formula is C17H23F3N2. The minimum atomic E-state index is -4.41. The Kier molecular flexibility index (Phi) is 6.21. The predicted octanol–water partition coefficient (Wildman–Crippen LogP) is 5.33. The lowest BCUT2D eigenvalue weighted by Crippen LogP contribution is -2.13. The van der Waals surface area contributed by atoms with Gasteiger partial charge in [0.1, 0.15) is 5.69 Å². The molecule has 1 aromatic heterocycles. The molecule has 1 heterocycles. The van der Waals surface area contributed by atoms with Crippen molar-refractivity contribution in [3.8, 4) is 11.1 Å². The smallest absolute Gasteiger partial charge is 0.263 e. The lowest BCUT2D eigenvalue weighted by molar-refractivity contribution is -0.143. The molecule has 0 aliphatic carbocycles. The van der Waals surface area contributed by atoms with Crippen LogP contribution < -0.4 is 0 Å². The number of aryl methyl sites for hydroxylation is 1. The van der Waals surface area contributed by atoms with Crippen molar-refractivity contribution in [3.05, 3.63) is 41.7 Å². The van der Waals surface area contributed by atoms with Crippen molar-refractivity contribution in [2.24, 2.45) is 13.0 Å². The average Bonchev–Trinajstić information content (AvgIpc) is 2.83. The zero-order valence-corrected chi connectivity index (χ0v) is 13.7. The largest absolute Gasteiger partial charge is 0.433 e. The van der Waals surface area contributed by atoms with Gasteiger partial charge in [0.25, 0.3) is 0 Å². The lowest BCUT2D eigenvalue weighted by Gasteiger charge is -2.11. The van der Waals surface area contributed by atoms with Crippen molar-refractivity contribution >= 4 is 0 Å². The van der Waals surface area contributed by atoms with Crippen molar-refractivity contribution in [1.82, 2.24) is 9.78 Å². The van der Waals surface area contributed by atoms with Crippen molar-refractivity contribution in [3.63, 3.8) is 0 Å². The van der Waals surface area contributed by atoms with Gasteiger partial charge in [-0.1, -0.05) is 52.0 Å². The first-order chi connectivity index (χ1) is 10.3. The van der Waals surface area contributed by atoms with Crippen LogP contribution in [0.15, 0.2) is 30.5 Å². The third-order valence-electron chi connectivity index (χ3n) is 3.12. The maximum atomic E-state index is 13.0. The van der Waals surface area contributed by atoms with Crippen LogP contribution in [-0.4, -0.2) is 9.78 Å². The number of rotatable bonds is 3. The molecule has 2 aromatic rings. The van der Waals surface area contributed by atoms with Crippen LogP contribution in [0.1, 0.15) is 39.0 Å². The number of aromatic nitrogens is 2. The molecule has 0 bridgehead atoms. The molecule has 5 heteroatoms. The second-order valence-electron chi connectivity index (χ2n) is 5.32. The van der Waals surface area contributed by atoms with Gasteiger partial charge in [-0.15, -0.1) is 0 Å². The van der Waals surface area contributed by atoms with Crippen LogP contribution in [0.4, 0.5) is 13.2 Å². The molecular weight excluding hydrogens is 289 g/mol. The van der Waals surface area contributed by atoms with Crippen LogP contribution >= 0.6 is 0 Å². The summed E-state index contributed by atoms with van der Waals surface area (Å²) in [5.41, 5.74) is 1.07. The summed E-state index contributed by atoms with van der Waals surface area (Å²) in [6.45, 7) is 8.22. The van der Waals surface area contributed by atoms with Gasteiger partial charge in [-0.2, -0.15) is 18.3 Å². The fourth-order valence-electron chi connectivity index (χ4n) is 2.28. The van der Waals surface area contributed by atoms with E-state index in [9.17, 15) is 13.2 Å². The van der Waals surface area contributed by atoms with Gasteiger partial charge in [0.15, 0.2) is 0 Å². The maximum absolute atomic E-state index is 13.0. The van der Waals surface area contributed by atoms with E-state index in [-0.39, 0.29) is 5.56 Å².